The largest absolute Gasteiger partial charge is 0.352 e. The molecule has 1 heterocycles. The number of nitrogens with zero attached hydrogens (tertiary/aromatic N) is 1. The molecule has 1 atom stereocenters. The number of benzene rings is 2. The molecular formula is C21H23ClN2O4S. The van der Waals surface area contributed by atoms with Gasteiger partial charge in [0.05, 0.1) is 10.1 Å². The smallest absolute Gasteiger partial charge is 0.223 e. The summed E-state index contributed by atoms with van der Waals surface area (Å²) in [6.07, 6.45) is 0.487. The van der Waals surface area contributed by atoms with E-state index in [0.29, 0.717) is 24.5 Å². The minimum Gasteiger partial charge on any atom is -0.352 e. The summed E-state index contributed by atoms with van der Waals surface area (Å²) in [6.45, 7) is 3.89. The minimum absolute atomic E-state index is 0.0647. The molecule has 0 aliphatic carbocycles. The molecule has 0 saturated carbocycles. The van der Waals surface area contributed by atoms with Crippen molar-refractivity contribution in [1.82, 2.24) is 5.32 Å². The Bertz CT molecular complexity index is 1040. The van der Waals surface area contributed by atoms with Crippen LogP contribution in [0.2, 0.25) is 5.02 Å². The highest BCUT2D eigenvalue weighted by Gasteiger charge is 2.29. The standard InChI is InChI=1S/C21H23ClN2O4S/c1-14(11-21(26)23-13-16-3-5-18(22)6-4-16)29(27,28)19-7-8-20-17(12-19)9-10-24(20)15(2)25/h3-8,12,14H,9-11,13H2,1-2H3,(H,23,26). The molecule has 2 aromatic carbocycles. The average molecular weight is 435 g/mol. The first-order chi connectivity index (χ1) is 13.7. The van der Waals surface area contributed by atoms with Gasteiger partial charge in [-0.25, -0.2) is 8.42 Å². The van der Waals surface area contributed by atoms with Crippen LogP contribution in [0.15, 0.2) is 47.4 Å². The molecule has 29 heavy (non-hydrogen) atoms. The van der Waals surface area contributed by atoms with Crippen molar-refractivity contribution in [2.24, 2.45) is 0 Å². The van der Waals surface area contributed by atoms with Crippen molar-refractivity contribution in [2.75, 3.05) is 11.4 Å². The highest BCUT2D eigenvalue weighted by atomic mass is 35.5. The molecule has 2 amide bonds. The number of rotatable bonds is 6. The van der Waals surface area contributed by atoms with Gasteiger partial charge in [0.15, 0.2) is 9.84 Å². The van der Waals surface area contributed by atoms with Crippen molar-refractivity contribution >= 4 is 38.9 Å². The summed E-state index contributed by atoms with van der Waals surface area (Å²) < 4.78 is 25.8. The maximum absolute atomic E-state index is 12.9. The second-order valence-electron chi connectivity index (χ2n) is 7.17. The van der Waals surface area contributed by atoms with E-state index in [1.165, 1.54) is 19.9 Å². The Morgan fingerprint density at radius 2 is 1.86 bits per heavy atom. The van der Waals surface area contributed by atoms with Crippen LogP contribution in [-0.2, 0) is 32.4 Å². The Morgan fingerprint density at radius 1 is 1.17 bits per heavy atom. The van der Waals surface area contributed by atoms with Crippen LogP contribution in [0.25, 0.3) is 0 Å². The number of hydrogen-bond acceptors (Lipinski definition) is 4. The summed E-state index contributed by atoms with van der Waals surface area (Å²) in [5.41, 5.74) is 2.47. The zero-order chi connectivity index (χ0) is 21.2. The summed E-state index contributed by atoms with van der Waals surface area (Å²) in [6, 6.07) is 11.9. The monoisotopic (exact) mass is 434 g/mol. The molecule has 0 spiro atoms. The third-order valence-corrected chi connectivity index (χ3v) is 7.45. The third-order valence-electron chi connectivity index (χ3n) is 5.06. The van der Waals surface area contributed by atoms with Crippen LogP contribution in [-0.4, -0.2) is 32.0 Å². The van der Waals surface area contributed by atoms with Gasteiger partial charge in [-0.3, -0.25) is 9.59 Å². The van der Waals surface area contributed by atoms with E-state index in [9.17, 15) is 18.0 Å². The molecule has 0 bridgehead atoms. The van der Waals surface area contributed by atoms with Crippen LogP contribution in [0.4, 0.5) is 5.69 Å². The van der Waals surface area contributed by atoms with Crippen molar-refractivity contribution in [3.05, 3.63) is 58.6 Å². The average Bonchev–Trinajstić information content (AvgIpc) is 3.11. The summed E-state index contributed by atoms with van der Waals surface area (Å²) >= 11 is 5.84. The number of carbonyl (C=O) groups excluding carboxylic acids is 2. The number of amides is 2. The predicted octanol–water partition coefficient (Wildman–Crippen LogP) is 3.12. The van der Waals surface area contributed by atoms with Gasteiger partial charge in [-0.15, -0.1) is 0 Å². The van der Waals surface area contributed by atoms with Gasteiger partial charge in [0, 0.05) is 37.1 Å². The summed E-state index contributed by atoms with van der Waals surface area (Å²) in [5.74, 6) is -0.398. The van der Waals surface area contributed by atoms with E-state index in [1.54, 1.807) is 41.3 Å². The lowest BCUT2D eigenvalue weighted by Gasteiger charge is -2.16. The lowest BCUT2D eigenvalue weighted by molar-refractivity contribution is -0.121. The Morgan fingerprint density at radius 3 is 2.52 bits per heavy atom. The van der Waals surface area contributed by atoms with Crippen molar-refractivity contribution in [3.63, 3.8) is 0 Å². The van der Waals surface area contributed by atoms with Gasteiger partial charge in [0.2, 0.25) is 11.8 Å². The summed E-state index contributed by atoms with van der Waals surface area (Å²) in [7, 11) is -3.66. The molecule has 8 heteroatoms. The first-order valence-electron chi connectivity index (χ1n) is 9.34. The van der Waals surface area contributed by atoms with Crippen LogP contribution in [0, 0.1) is 0 Å². The zero-order valence-electron chi connectivity index (χ0n) is 16.3. The molecule has 1 unspecified atom stereocenters. The van der Waals surface area contributed by atoms with Gasteiger partial charge >= 0.3 is 0 Å². The quantitative estimate of drug-likeness (QED) is 0.757. The molecule has 0 saturated heterocycles. The molecular weight excluding hydrogens is 412 g/mol. The molecule has 1 aliphatic rings. The van der Waals surface area contributed by atoms with Crippen molar-refractivity contribution in [3.8, 4) is 0 Å². The molecule has 1 aliphatic heterocycles. The van der Waals surface area contributed by atoms with Gasteiger partial charge in [-0.05, 0) is 54.8 Å². The van der Waals surface area contributed by atoms with Crippen molar-refractivity contribution in [1.29, 1.82) is 0 Å². The Kier molecular flexibility index (Phi) is 6.29. The minimum atomic E-state index is -3.66. The molecule has 6 nitrogen and oxygen atoms in total. The number of fused-ring (bicyclic) bond motifs is 1. The van der Waals surface area contributed by atoms with E-state index in [-0.39, 0.29) is 23.1 Å². The lowest BCUT2D eigenvalue weighted by Crippen LogP contribution is -2.29. The fraction of sp³-hybridized carbons (Fsp3) is 0.333. The van der Waals surface area contributed by atoms with Crippen LogP contribution in [0.5, 0.6) is 0 Å². The second-order valence-corrected chi connectivity index (χ2v) is 9.98. The van der Waals surface area contributed by atoms with Crippen LogP contribution in [0.1, 0.15) is 31.4 Å². The maximum atomic E-state index is 12.9. The van der Waals surface area contributed by atoms with Crippen LogP contribution < -0.4 is 10.2 Å². The van der Waals surface area contributed by atoms with Crippen LogP contribution in [0.3, 0.4) is 0 Å². The van der Waals surface area contributed by atoms with E-state index in [0.717, 1.165) is 16.8 Å². The van der Waals surface area contributed by atoms with Crippen molar-refractivity contribution in [2.45, 2.75) is 43.4 Å². The highest BCUT2D eigenvalue weighted by Crippen LogP contribution is 2.31. The SMILES string of the molecule is CC(=O)N1CCc2cc(S(=O)(=O)C(C)CC(=O)NCc3ccc(Cl)cc3)ccc21. The molecule has 0 fully saturated rings. The summed E-state index contributed by atoms with van der Waals surface area (Å²) in [4.78, 5) is 25.7. The zero-order valence-corrected chi connectivity index (χ0v) is 17.9. The van der Waals surface area contributed by atoms with E-state index in [1.807, 2.05) is 0 Å². The van der Waals surface area contributed by atoms with E-state index >= 15 is 0 Å². The maximum Gasteiger partial charge on any atom is 0.223 e. The summed E-state index contributed by atoms with van der Waals surface area (Å²) in [5, 5.41) is 2.49. The van der Waals surface area contributed by atoms with E-state index in [2.05, 4.69) is 5.32 Å². The molecule has 154 valence electrons. The van der Waals surface area contributed by atoms with E-state index in [4.69, 9.17) is 11.6 Å². The molecule has 3 rings (SSSR count). The highest BCUT2D eigenvalue weighted by molar-refractivity contribution is 7.92. The normalized spacial score (nSPS) is 14.4. The first-order valence-corrected chi connectivity index (χ1v) is 11.3. The number of anilines is 1. The van der Waals surface area contributed by atoms with E-state index < -0.39 is 15.1 Å². The van der Waals surface area contributed by atoms with Gasteiger partial charge in [0.25, 0.3) is 0 Å². The Balaban J connectivity index is 1.65. The van der Waals surface area contributed by atoms with Gasteiger partial charge < -0.3 is 10.2 Å². The topological polar surface area (TPSA) is 83.6 Å². The molecule has 0 aromatic heterocycles. The number of halogens is 1. The van der Waals surface area contributed by atoms with Crippen LogP contribution >= 0.6 is 11.6 Å². The van der Waals surface area contributed by atoms with Gasteiger partial charge in [-0.2, -0.15) is 0 Å². The fourth-order valence-corrected chi connectivity index (χ4v) is 4.89. The first kappa shape index (κ1) is 21.3. The van der Waals surface area contributed by atoms with Crippen molar-refractivity contribution < 1.29 is 18.0 Å². The Hall–Kier alpha value is -2.38. The fourth-order valence-electron chi connectivity index (χ4n) is 3.36. The third kappa shape index (κ3) is 4.79. The molecule has 1 N–H and O–H groups in total. The molecule has 2 aromatic rings. The number of nitrogens with one attached hydrogen (secondary N) is 1. The predicted molar refractivity (Wildman–Crippen MR) is 113 cm³/mol. The van der Waals surface area contributed by atoms with Gasteiger partial charge in [0.1, 0.15) is 0 Å². The Labute approximate surface area is 175 Å². The lowest BCUT2D eigenvalue weighted by atomic mass is 10.2. The second kappa shape index (κ2) is 8.55. The van der Waals surface area contributed by atoms with Gasteiger partial charge in [-0.1, -0.05) is 23.7 Å². The molecule has 0 radical (unpaired) electrons. The number of sulfone groups is 1. The number of hydrogen-bond donors (Lipinski definition) is 1. The number of carbonyl (C=O) groups is 2.